The maximum atomic E-state index is 12.6. The fourth-order valence-corrected chi connectivity index (χ4v) is 4.11. The van der Waals surface area contributed by atoms with Gasteiger partial charge in [-0.3, -0.25) is 19.7 Å². The van der Waals surface area contributed by atoms with Crippen molar-refractivity contribution in [1.29, 1.82) is 0 Å². The third-order valence-electron chi connectivity index (χ3n) is 5.58. The van der Waals surface area contributed by atoms with Crippen molar-refractivity contribution in [2.75, 3.05) is 32.7 Å². The quantitative estimate of drug-likeness (QED) is 0.555. The number of carbonyl (C=O) groups excluding carboxylic acids is 4. The number of amides is 5. The first-order valence-corrected chi connectivity index (χ1v) is 11.5. The van der Waals surface area contributed by atoms with Crippen molar-refractivity contribution < 1.29 is 19.2 Å². The molecule has 3 aliphatic heterocycles. The molecule has 0 bridgehead atoms. The summed E-state index contributed by atoms with van der Waals surface area (Å²) in [6.45, 7) is 13.1. The van der Waals surface area contributed by atoms with E-state index in [0.29, 0.717) is 44.9 Å². The minimum Gasteiger partial charge on any atom is -0.341 e. The fourth-order valence-electron chi connectivity index (χ4n) is 4.11. The Labute approximate surface area is 185 Å². The average molecular weight is 438 g/mol. The molecular weight excluding hydrogens is 398 g/mol. The number of imide groups is 1. The predicted octanol–water partition coefficient (Wildman–Crippen LogP) is 0.942. The van der Waals surface area contributed by atoms with Gasteiger partial charge in [-0.15, -0.1) is 0 Å². The van der Waals surface area contributed by atoms with Gasteiger partial charge in [0.15, 0.2) is 0 Å². The summed E-state index contributed by atoms with van der Waals surface area (Å²) in [4.78, 5) is 51.7. The van der Waals surface area contributed by atoms with E-state index in [1.807, 2.05) is 0 Å². The number of hydrogen-bond acceptors (Lipinski definition) is 5. The Morgan fingerprint density at radius 2 is 1.65 bits per heavy atom. The third-order valence-corrected chi connectivity index (χ3v) is 5.58. The minimum absolute atomic E-state index is 0.00326. The monoisotopic (exact) mass is 437 g/mol. The number of piperidine rings is 1. The lowest BCUT2D eigenvalue weighted by molar-refractivity contribution is -0.144. The van der Waals surface area contributed by atoms with Crippen LogP contribution in [0.1, 0.15) is 53.9 Å². The van der Waals surface area contributed by atoms with Crippen LogP contribution >= 0.6 is 0 Å². The van der Waals surface area contributed by atoms with Crippen molar-refractivity contribution in [2.24, 2.45) is 17.8 Å². The zero-order valence-corrected chi connectivity index (χ0v) is 19.6. The van der Waals surface area contributed by atoms with Gasteiger partial charge < -0.3 is 20.4 Å². The topological polar surface area (TPSA) is 111 Å². The number of nitrogens with one attached hydrogen (secondary N) is 3. The van der Waals surface area contributed by atoms with Crippen LogP contribution in [0.4, 0.5) is 4.79 Å². The molecule has 3 N–H and O–H groups in total. The molecule has 0 aliphatic carbocycles. The Kier molecular flexibility index (Phi) is 9.28. The second-order valence-electron chi connectivity index (χ2n) is 9.79. The lowest BCUT2D eigenvalue weighted by atomic mass is 9.89. The summed E-state index contributed by atoms with van der Waals surface area (Å²) in [5.74, 6) is 0.953. The van der Waals surface area contributed by atoms with E-state index in [1.165, 1.54) is 0 Å². The highest BCUT2D eigenvalue weighted by Gasteiger charge is 2.38. The molecule has 0 saturated carbocycles. The second kappa shape index (κ2) is 11.5. The van der Waals surface area contributed by atoms with E-state index >= 15 is 0 Å². The molecule has 3 aliphatic rings. The lowest BCUT2D eigenvalue weighted by Gasteiger charge is -2.37. The number of hydrogen-bond donors (Lipinski definition) is 3. The van der Waals surface area contributed by atoms with Crippen molar-refractivity contribution in [3.8, 4) is 0 Å². The number of rotatable bonds is 5. The van der Waals surface area contributed by atoms with Crippen molar-refractivity contribution in [3.63, 3.8) is 0 Å². The Hall–Kier alpha value is -2.16. The molecule has 5 amide bonds. The molecule has 0 aromatic rings. The molecule has 0 aromatic carbocycles. The molecule has 176 valence electrons. The van der Waals surface area contributed by atoms with Crippen LogP contribution in [0.3, 0.4) is 0 Å². The van der Waals surface area contributed by atoms with Crippen LogP contribution in [0.25, 0.3) is 0 Å². The molecule has 31 heavy (non-hydrogen) atoms. The number of urea groups is 1. The van der Waals surface area contributed by atoms with Crippen LogP contribution in [0.2, 0.25) is 0 Å². The van der Waals surface area contributed by atoms with Gasteiger partial charge in [0.25, 0.3) is 5.91 Å². The summed E-state index contributed by atoms with van der Waals surface area (Å²) in [5.41, 5.74) is 0. The van der Waals surface area contributed by atoms with Gasteiger partial charge in [-0.2, -0.15) is 0 Å². The van der Waals surface area contributed by atoms with E-state index in [2.05, 4.69) is 50.6 Å². The Morgan fingerprint density at radius 1 is 1.03 bits per heavy atom. The first kappa shape index (κ1) is 25.1. The van der Waals surface area contributed by atoms with E-state index in [9.17, 15) is 19.2 Å². The summed E-state index contributed by atoms with van der Waals surface area (Å²) < 4.78 is 0. The second-order valence-corrected chi connectivity index (χ2v) is 9.79. The molecule has 0 spiro atoms. The molecule has 9 nitrogen and oxygen atoms in total. The third kappa shape index (κ3) is 7.48. The highest BCUT2D eigenvalue weighted by Crippen LogP contribution is 2.23. The Bertz CT molecular complexity index is 656. The molecule has 3 fully saturated rings. The predicted molar refractivity (Wildman–Crippen MR) is 118 cm³/mol. The molecule has 2 unspecified atom stereocenters. The summed E-state index contributed by atoms with van der Waals surface area (Å²) in [6.07, 6.45) is 2.09. The summed E-state index contributed by atoms with van der Waals surface area (Å²) in [7, 11) is 0. The highest BCUT2D eigenvalue weighted by atomic mass is 16.2. The standard InChI is InChI=1S/C18H29N5O4.C4H10/c1-11(2)9-13-17(26)23(8-5-19-13)10-14(24)22-6-3-12(4-7-22)15-16(25)21-18(27)20-15;1-4(2)3/h11-13,15,19H,3-10H2,1-2H3,(H2,20,21,25,27);4H,1-3H3. The SMILES string of the molecule is CC(C)C.CC(C)CC1NCCN(CC(=O)N2CCC(C3NC(=O)NC3=O)CC2)C1=O. The van der Waals surface area contributed by atoms with Crippen LogP contribution < -0.4 is 16.0 Å². The molecule has 0 aromatic heterocycles. The average Bonchev–Trinajstić information content (AvgIpc) is 3.02. The van der Waals surface area contributed by atoms with Crippen LogP contribution in [-0.4, -0.2) is 78.4 Å². The van der Waals surface area contributed by atoms with Gasteiger partial charge in [0.1, 0.15) is 6.04 Å². The number of piperazine rings is 1. The Balaban J connectivity index is 0.000000785. The maximum absolute atomic E-state index is 12.6. The van der Waals surface area contributed by atoms with Crippen LogP contribution in [0, 0.1) is 17.8 Å². The van der Waals surface area contributed by atoms with Crippen molar-refractivity contribution in [3.05, 3.63) is 0 Å². The molecule has 3 saturated heterocycles. The normalized spacial score (nSPS) is 24.8. The number of nitrogens with zero attached hydrogens (tertiary/aromatic N) is 2. The largest absolute Gasteiger partial charge is 0.341 e. The molecular formula is C22H39N5O4. The van der Waals surface area contributed by atoms with Crippen molar-refractivity contribution in [2.45, 2.75) is 66.0 Å². The molecule has 3 heterocycles. The first-order valence-electron chi connectivity index (χ1n) is 11.5. The smallest absolute Gasteiger partial charge is 0.322 e. The number of carbonyl (C=O) groups is 4. The van der Waals surface area contributed by atoms with Gasteiger partial charge in [-0.1, -0.05) is 34.6 Å². The van der Waals surface area contributed by atoms with Crippen molar-refractivity contribution >= 4 is 23.8 Å². The van der Waals surface area contributed by atoms with Crippen LogP contribution in [0.15, 0.2) is 0 Å². The number of likely N-dealkylation sites (tertiary alicyclic amines) is 1. The van der Waals surface area contributed by atoms with Gasteiger partial charge in [0.2, 0.25) is 11.8 Å². The van der Waals surface area contributed by atoms with E-state index in [1.54, 1.807) is 9.80 Å². The van der Waals surface area contributed by atoms with Gasteiger partial charge in [0.05, 0.1) is 12.6 Å². The summed E-state index contributed by atoms with van der Waals surface area (Å²) in [5, 5.41) is 8.14. The molecule has 0 radical (unpaired) electrons. The minimum atomic E-state index is -0.499. The molecule has 9 heteroatoms. The lowest BCUT2D eigenvalue weighted by Crippen LogP contribution is -2.58. The Morgan fingerprint density at radius 3 is 2.16 bits per heavy atom. The molecule has 2 atom stereocenters. The van der Waals surface area contributed by atoms with Gasteiger partial charge in [-0.05, 0) is 37.0 Å². The van der Waals surface area contributed by atoms with Gasteiger partial charge >= 0.3 is 6.03 Å². The van der Waals surface area contributed by atoms with E-state index in [4.69, 9.17) is 0 Å². The fraction of sp³-hybridized carbons (Fsp3) is 0.818. The van der Waals surface area contributed by atoms with Gasteiger partial charge in [0, 0.05) is 26.2 Å². The summed E-state index contributed by atoms with van der Waals surface area (Å²) >= 11 is 0. The highest BCUT2D eigenvalue weighted by molar-refractivity contribution is 6.04. The van der Waals surface area contributed by atoms with E-state index < -0.39 is 12.1 Å². The van der Waals surface area contributed by atoms with Crippen LogP contribution in [0.5, 0.6) is 0 Å². The summed E-state index contributed by atoms with van der Waals surface area (Å²) in [6, 6.07) is -1.15. The van der Waals surface area contributed by atoms with Crippen molar-refractivity contribution in [1.82, 2.24) is 25.8 Å². The van der Waals surface area contributed by atoms with Gasteiger partial charge in [-0.25, -0.2) is 4.79 Å². The van der Waals surface area contributed by atoms with Crippen LogP contribution in [-0.2, 0) is 14.4 Å². The molecule has 3 rings (SSSR count). The zero-order chi connectivity index (χ0) is 23.1. The first-order chi connectivity index (χ1) is 14.6. The van der Waals surface area contributed by atoms with E-state index in [0.717, 1.165) is 12.3 Å². The zero-order valence-electron chi connectivity index (χ0n) is 19.6. The maximum Gasteiger partial charge on any atom is 0.322 e. The van der Waals surface area contributed by atoms with E-state index in [-0.39, 0.29) is 36.2 Å².